The molecular weight excluding hydrogens is 246 g/mol. The molecule has 94 valence electrons. The maximum absolute atomic E-state index is 11.1. The van der Waals surface area contributed by atoms with Crippen molar-refractivity contribution in [3.05, 3.63) is 45.4 Å². The summed E-state index contributed by atoms with van der Waals surface area (Å²) in [6.45, 7) is 5.96. The average molecular weight is 261 g/mol. The number of benzene rings is 1. The number of ketones is 1. The summed E-state index contributed by atoms with van der Waals surface area (Å²) in [4.78, 5) is 15.4. The van der Waals surface area contributed by atoms with Gasteiger partial charge in [0.15, 0.2) is 5.78 Å². The van der Waals surface area contributed by atoms with Gasteiger partial charge in [-0.25, -0.2) is 4.98 Å². The summed E-state index contributed by atoms with van der Waals surface area (Å²) < 4.78 is 5.78. The lowest BCUT2D eigenvalue weighted by Crippen LogP contribution is -1.99. The van der Waals surface area contributed by atoms with Crippen molar-refractivity contribution < 1.29 is 9.53 Å². The van der Waals surface area contributed by atoms with Gasteiger partial charge < -0.3 is 4.74 Å². The van der Waals surface area contributed by atoms with E-state index in [4.69, 9.17) is 4.74 Å². The van der Waals surface area contributed by atoms with Gasteiger partial charge in [-0.05, 0) is 25.0 Å². The summed E-state index contributed by atoms with van der Waals surface area (Å²) in [6.07, 6.45) is 0. The van der Waals surface area contributed by atoms with E-state index in [2.05, 4.69) is 4.98 Å². The van der Waals surface area contributed by atoms with E-state index in [0.29, 0.717) is 12.3 Å². The highest BCUT2D eigenvalue weighted by Crippen LogP contribution is 2.24. The zero-order chi connectivity index (χ0) is 13.1. The van der Waals surface area contributed by atoms with Crippen molar-refractivity contribution in [2.75, 3.05) is 0 Å². The van der Waals surface area contributed by atoms with E-state index in [1.165, 1.54) is 18.3 Å². The number of hydrogen-bond donors (Lipinski definition) is 0. The van der Waals surface area contributed by atoms with Crippen LogP contribution >= 0.6 is 11.3 Å². The molecule has 2 rings (SSSR count). The first-order valence-electron chi connectivity index (χ1n) is 5.72. The fraction of sp³-hybridized carbons (Fsp3) is 0.286. The largest absolute Gasteiger partial charge is 0.486 e. The van der Waals surface area contributed by atoms with Crippen LogP contribution in [0.15, 0.2) is 23.6 Å². The number of Topliss-reactive ketones (excluding diaryl/α,β-unsaturated/α-hetero) is 1. The van der Waals surface area contributed by atoms with Crippen molar-refractivity contribution >= 4 is 17.1 Å². The van der Waals surface area contributed by atoms with Crippen molar-refractivity contribution in [2.24, 2.45) is 0 Å². The van der Waals surface area contributed by atoms with E-state index in [-0.39, 0.29) is 5.78 Å². The van der Waals surface area contributed by atoms with Crippen LogP contribution in [-0.2, 0) is 6.61 Å². The Morgan fingerprint density at radius 3 is 2.56 bits per heavy atom. The molecule has 18 heavy (non-hydrogen) atoms. The molecule has 0 aliphatic rings. The Morgan fingerprint density at radius 2 is 2.00 bits per heavy atom. The molecule has 1 aromatic heterocycles. The van der Waals surface area contributed by atoms with E-state index in [0.717, 1.165) is 21.9 Å². The number of ether oxygens (including phenoxy) is 1. The number of nitrogens with zero attached hydrogens (tertiary/aromatic N) is 1. The molecule has 0 spiro atoms. The molecule has 0 N–H and O–H groups in total. The lowest BCUT2D eigenvalue weighted by Gasteiger charge is -2.10. The molecule has 1 aromatic carbocycles. The SMILES string of the molecule is CC(=O)c1csc(COc2c(C)cccc2C)n1. The lowest BCUT2D eigenvalue weighted by molar-refractivity contribution is 0.101. The molecule has 0 saturated heterocycles. The van der Waals surface area contributed by atoms with Crippen molar-refractivity contribution in [1.82, 2.24) is 4.98 Å². The molecule has 0 atom stereocenters. The molecule has 3 nitrogen and oxygen atoms in total. The smallest absolute Gasteiger partial charge is 0.178 e. The Bertz CT molecular complexity index is 555. The highest BCUT2D eigenvalue weighted by Gasteiger charge is 2.08. The van der Waals surface area contributed by atoms with Crippen LogP contribution in [0.4, 0.5) is 0 Å². The van der Waals surface area contributed by atoms with Crippen LogP contribution in [-0.4, -0.2) is 10.8 Å². The third kappa shape index (κ3) is 2.76. The van der Waals surface area contributed by atoms with E-state index >= 15 is 0 Å². The maximum Gasteiger partial charge on any atom is 0.178 e. The van der Waals surface area contributed by atoms with Gasteiger partial charge >= 0.3 is 0 Å². The van der Waals surface area contributed by atoms with Crippen molar-refractivity contribution in [3.63, 3.8) is 0 Å². The highest BCUT2D eigenvalue weighted by atomic mass is 32.1. The van der Waals surface area contributed by atoms with Crippen LogP contribution in [0, 0.1) is 13.8 Å². The quantitative estimate of drug-likeness (QED) is 0.790. The Kier molecular flexibility index (Phi) is 3.77. The van der Waals surface area contributed by atoms with E-state index in [1.54, 1.807) is 5.38 Å². The fourth-order valence-corrected chi connectivity index (χ4v) is 2.44. The van der Waals surface area contributed by atoms with Gasteiger partial charge in [0, 0.05) is 12.3 Å². The summed E-state index contributed by atoms with van der Waals surface area (Å²) in [5.74, 6) is 0.890. The van der Waals surface area contributed by atoms with Gasteiger partial charge in [0.05, 0.1) is 0 Å². The van der Waals surface area contributed by atoms with Gasteiger partial charge in [-0.15, -0.1) is 11.3 Å². The van der Waals surface area contributed by atoms with Gasteiger partial charge in [-0.3, -0.25) is 4.79 Å². The maximum atomic E-state index is 11.1. The van der Waals surface area contributed by atoms with Gasteiger partial charge in [0.2, 0.25) is 0 Å². The molecule has 4 heteroatoms. The third-order valence-electron chi connectivity index (χ3n) is 2.66. The van der Waals surface area contributed by atoms with Crippen molar-refractivity contribution in [2.45, 2.75) is 27.4 Å². The van der Waals surface area contributed by atoms with Gasteiger partial charge in [0.1, 0.15) is 23.1 Å². The Balaban J connectivity index is 2.09. The zero-order valence-electron chi connectivity index (χ0n) is 10.7. The molecule has 2 aromatic rings. The molecule has 0 radical (unpaired) electrons. The number of para-hydroxylation sites is 1. The minimum atomic E-state index is -0.00966. The highest BCUT2D eigenvalue weighted by molar-refractivity contribution is 7.09. The number of rotatable bonds is 4. The summed E-state index contributed by atoms with van der Waals surface area (Å²) in [5, 5.41) is 2.59. The van der Waals surface area contributed by atoms with Crippen LogP contribution in [0.5, 0.6) is 5.75 Å². The minimum absolute atomic E-state index is 0.00966. The van der Waals surface area contributed by atoms with Crippen LogP contribution in [0.3, 0.4) is 0 Å². The van der Waals surface area contributed by atoms with E-state index in [1.807, 2.05) is 32.0 Å². The molecule has 0 bridgehead atoms. The van der Waals surface area contributed by atoms with E-state index in [9.17, 15) is 4.79 Å². The summed E-state index contributed by atoms with van der Waals surface area (Å²) >= 11 is 1.45. The standard InChI is InChI=1S/C14H15NO2S/c1-9-5-4-6-10(2)14(9)17-7-13-15-12(8-18-13)11(3)16/h4-6,8H,7H2,1-3H3. The molecule has 0 aliphatic carbocycles. The number of thiazole rings is 1. The Morgan fingerprint density at radius 1 is 1.33 bits per heavy atom. The fourth-order valence-electron chi connectivity index (χ4n) is 1.70. The Hall–Kier alpha value is -1.68. The monoisotopic (exact) mass is 261 g/mol. The molecular formula is C14H15NO2S. The predicted molar refractivity (Wildman–Crippen MR) is 72.4 cm³/mol. The van der Waals surface area contributed by atoms with Gasteiger partial charge in [-0.1, -0.05) is 18.2 Å². The number of carbonyl (C=O) groups excluding carboxylic acids is 1. The van der Waals surface area contributed by atoms with E-state index < -0.39 is 0 Å². The minimum Gasteiger partial charge on any atom is -0.486 e. The van der Waals surface area contributed by atoms with Gasteiger partial charge in [0.25, 0.3) is 0 Å². The second kappa shape index (κ2) is 5.31. The third-order valence-corrected chi connectivity index (χ3v) is 3.48. The number of aromatic nitrogens is 1. The van der Waals surface area contributed by atoms with Crippen LogP contribution < -0.4 is 4.74 Å². The number of aryl methyl sites for hydroxylation is 2. The number of carbonyl (C=O) groups is 1. The number of hydrogen-bond acceptors (Lipinski definition) is 4. The molecule has 0 fully saturated rings. The normalized spacial score (nSPS) is 10.4. The zero-order valence-corrected chi connectivity index (χ0v) is 11.5. The second-order valence-electron chi connectivity index (χ2n) is 4.19. The molecule has 0 amide bonds. The molecule has 0 unspecified atom stereocenters. The first kappa shape index (κ1) is 12.8. The first-order chi connectivity index (χ1) is 8.58. The molecule has 1 heterocycles. The topological polar surface area (TPSA) is 39.2 Å². The molecule has 0 aliphatic heterocycles. The average Bonchev–Trinajstić information content (AvgIpc) is 2.77. The second-order valence-corrected chi connectivity index (χ2v) is 5.13. The molecule has 0 saturated carbocycles. The predicted octanol–water partition coefficient (Wildman–Crippen LogP) is 3.54. The summed E-state index contributed by atoms with van der Waals surface area (Å²) in [5.41, 5.74) is 2.73. The van der Waals surface area contributed by atoms with Crippen LogP contribution in [0.2, 0.25) is 0 Å². The first-order valence-corrected chi connectivity index (χ1v) is 6.60. The van der Waals surface area contributed by atoms with Crippen LogP contribution in [0.25, 0.3) is 0 Å². The van der Waals surface area contributed by atoms with Crippen molar-refractivity contribution in [1.29, 1.82) is 0 Å². The Labute approximate surface area is 110 Å². The lowest BCUT2D eigenvalue weighted by atomic mass is 10.1. The summed E-state index contributed by atoms with van der Waals surface area (Å²) in [6, 6.07) is 6.05. The summed E-state index contributed by atoms with van der Waals surface area (Å²) in [7, 11) is 0. The van der Waals surface area contributed by atoms with Crippen molar-refractivity contribution in [3.8, 4) is 5.75 Å². The van der Waals surface area contributed by atoms with Gasteiger partial charge in [-0.2, -0.15) is 0 Å². The van der Waals surface area contributed by atoms with Crippen LogP contribution in [0.1, 0.15) is 33.5 Å².